The minimum atomic E-state index is -0.672. The van der Waals surface area contributed by atoms with E-state index in [4.69, 9.17) is 15.6 Å². The molecule has 20 heavy (non-hydrogen) atoms. The van der Waals surface area contributed by atoms with E-state index in [9.17, 15) is 4.79 Å². The lowest BCUT2D eigenvalue weighted by molar-refractivity contribution is -0.139. The van der Waals surface area contributed by atoms with Crippen molar-refractivity contribution in [3.05, 3.63) is 29.3 Å². The number of carboxylic acid groups (broad SMARTS) is 1. The lowest BCUT2D eigenvalue weighted by Gasteiger charge is -2.20. The summed E-state index contributed by atoms with van der Waals surface area (Å²) in [7, 11) is 1.68. The Balaban J connectivity index is 1.66. The van der Waals surface area contributed by atoms with Crippen LogP contribution in [0.25, 0.3) is 0 Å². The fourth-order valence-electron chi connectivity index (χ4n) is 3.99. The van der Waals surface area contributed by atoms with Crippen molar-refractivity contribution in [3.8, 4) is 5.75 Å². The van der Waals surface area contributed by atoms with E-state index in [0.29, 0.717) is 11.8 Å². The van der Waals surface area contributed by atoms with E-state index in [0.717, 1.165) is 24.2 Å². The molecule has 108 valence electrons. The van der Waals surface area contributed by atoms with Gasteiger partial charge in [0.1, 0.15) is 5.75 Å². The number of rotatable bonds is 4. The summed E-state index contributed by atoms with van der Waals surface area (Å²) in [5.74, 6) is 0.975. The fourth-order valence-corrected chi connectivity index (χ4v) is 3.99. The lowest BCUT2D eigenvalue weighted by Crippen LogP contribution is -2.32. The van der Waals surface area contributed by atoms with E-state index in [2.05, 4.69) is 12.1 Å². The molecule has 2 aliphatic carbocycles. The van der Waals surface area contributed by atoms with Gasteiger partial charge in [-0.05, 0) is 54.7 Å². The van der Waals surface area contributed by atoms with Crippen molar-refractivity contribution in [2.24, 2.45) is 29.4 Å². The molecule has 0 radical (unpaired) electrons. The molecule has 2 fully saturated rings. The third-order valence-electron chi connectivity index (χ3n) is 5.04. The Morgan fingerprint density at radius 3 is 2.75 bits per heavy atom. The van der Waals surface area contributed by atoms with Crippen LogP contribution in [-0.2, 0) is 11.2 Å². The van der Waals surface area contributed by atoms with E-state index in [-0.39, 0.29) is 17.9 Å². The van der Waals surface area contributed by atoms with E-state index in [1.165, 1.54) is 5.56 Å². The van der Waals surface area contributed by atoms with Gasteiger partial charge in [0.25, 0.3) is 0 Å². The van der Waals surface area contributed by atoms with Crippen LogP contribution in [-0.4, -0.2) is 24.2 Å². The Kier molecular flexibility index (Phi) is 3.21. The second-order valence-corrected chi connectivity index (χ2v) is 6.19. The highest BCUT2D eigenvalue weighted by Crippen LogP contribution is 2.59. The maximum atomic E-state index is 11.0. The predicted octanol–water partition coefficient (Wildman–Crippen LogP) is 1.84. The van der Waals surface area contributed by atoms with Gasteiger partial charge in [0.15, 0.2) is 0 Å². The number of carboxylic acids is 1. The molecule has 5 atom stereocenters. The van der Waals surface area contributed by atoms with Crippen molar-refractivity contribution in [2.75, 3.05) is 7.11 Å². The number of aryl methyl sites for hydroxylation is 1. The molecule has 0 aliphatic heterocycles. The first-order valence-corrected chi connectivity index (χ1v) is 7.15. The Morgan fingerprint density at radius 2 is 2.25 bits per heavy atom. The molecule has 3 rings (SSSR count). The van der Waals surface area contributed by atoms with Crippen molar-refractivity contribution in [2.45, 2.75) is 25.8 Å². The minimum absolute atomic E-state index is 0.0310. The van der Waals surface area contributed by atoms with Crippen LogP contribution >= 0.6 is 0 Å². The highest BCUT2D eigenvalue weighted by molar-refractivity contribution is 5.75. The number of carbonyl (C=O) groups is 1. The summed E-state index contributed by atoms with van der Waals surface area (Å²) in [6.45, 7) is 2.04. The zero-order valence-electron chi connectivity index (χ0n) is 11.9. The summed E-state index contributed by atoms with van der Waals surface area (Å²) in [5.41, 5.74) is 8.64. The van der Waals surface area contributed by atoms with E-state index < -0.39 is 5.97 Å². The topological polar surface area (TPSA) is 72.5 Å². The van der Waals surface area contributed by atoms with Crippen molar-refractivity contribution < 1.29 is 14.6 Å². The highest BCUT2D eigenvalue weighted by atomic mass is 16.5. The molecule has 4 heteroatoms. The number of ether oxygens (including phenoxy) is 1. The number of hydrogen-bond acceptors (Lipinski definition) is 3. The maximum absolute atomic E-state index is 11.0. The van der Waals surface area contributed by atoms with Crippen LogP contribution in [0.3, 0.4) is 0 Å². The van der Waals surface area contributed by atoms with Gasteiger partial charge >= 0.3 is 5.97 Å². The number of aliphatic carboxylic acids is 1. The largest absolute Gasteiger partial charge is 0.496 e. The van der Waals surface area contributed by atoms with Crippen molar-refractivity contribution in [3.63, 3.8) is 0 Å². The zero-order valence-corrected chi connectivity index (χ0v) is 11.9. The van der Waals surface area contributed by atoms with Gasteiger partial charge in [-0.3, -0.25) is 4.79 Å². The molecule has 3 N–H and O–H groups in total. The summed E-state index contributed by atoms with van der Waals surface area (Å²) in [6, 6.07) is 6.25. The van der Waals surface area contributed by atoms with Gasteiger partial charge in [0, 0.05) is 6.04 Å². The van der Waals surface area contributed by atoms with Crippen LogP contribution < -0.4 is 10.5 Å². The molecule has 4 nitrogen and oxygen atoms in total. The lowest BCUT2D eigenvalue weighted by atomic mass is 9.89. The quantitative estimate of drug-likeness (QED) is 0.879. The average molecular weight is 275 g/mol. The third kappa shape index (κ3) is 2.08. The van der Waals surface area contributed by atoms with Crippen LogP contribution in [0.4, 0.5) is 0 Å². The predicted molar refractivity (Wildman–Crippen MR) is 75.6 cm³/mol. The summed E-state index contributed by atoms with van der Waals surface area (Å²) in [4.78, 5) is 11.0. The molecule has 2 saturated carbocycles. The van der Waals surface area contributed by atoms with Crippen LogP contribution in [0.2, 0.25) is 0 Å². The summed E-state index contributed by atoms with van der Waals surface area (Å²) in [6.07, 6.45) is 1.89. The summed E-state index contributed by atoms with van der Waals surface area (Å²) >= 11 is 0. The van der Waals surface area contributed by atoms with Crippen LogP contribution in [0, 0.1) is 30.6 Å². The van der Waals surface area contributed by atoms with E-state index >= 15 is 0 Å². The van der Waals surface area contributed by atoms with Gasteiger partial charge in [-0.25, -0.2) is 0 Å². The molecule has 0 saturated heterocycles. The highest BCUT2D eigenvalue weighted by Gasteiger charge is 2.63. The first-order valence-electron chi connectivity index (χ1n) is 7.15. The molecule has 5 unspecified atom stereocenters. The Hall–Kier alpha value is -1.55. The number of methoxy groups -OCH3 is 1. The van der Waals surface area contributed by atoms with Gasteiger partial charge in [-0.1, -0.05) is 12.1 Å². The SMILES string of the molecule is COc1ccc(CC2CC3C(C(=O)O)C3C2N)cc1C. The van der Waals surface area contributed by atoms with Gasteiger partial charge in [0.2, 0.25) is 0 Å². The zero-order chi connectivity index (χ0) is 14.4. The van der Waals surface area contributed by atoms with Crippen molar-refractivity contribution >= 4 is 5.97 Å². The molecule has 1 aromatic rings. The van der Waals surface area contributed by atoms with Gasteiger partial charge in [-0.15, -0.1) is 0 Å². The molecular weight excluding hydrogens is 254 g/mol. The molecule has 0 amide bonds. The van der Waals surface area contributed by atoms with Gasteiger partial charge in [-0.2, -0.15) is 0 Å². The van der Waals surface area contributed by atoms with Crippen LogP contribution in [0.15, 0.2) is 18.2 Å². The number of benzene rings is 1. The molecule has 1 aromatic carbocycles. The molecule has 0 bridgehead atoms. The first kappa shape index (κ1) is 13.4. The Labute approximate surface area is 118 Å². The molecule has 2 aliphatic rings. The standard InChI is InChI=1S/C16H21NO3/c1-8-5-9(3-4-12(8)20-2)6-10-7-11-13(15(10)17)14(11)16(18)19/h3-5,10-11,13-15H,6-7,17H2,1-2H3,(H,18,19). The number of nitrogens with two attached hydrogens (primary N) is 1. The van der Waals surface area contributed by atoms with Crippen molar-refractivity contribution in [1.82, 2.24) is 0 Å². The molecule has 0 spiro atoms. The van der Waals surface area contributed by atoms with Crippen LogP contribution in [0.1, 0.15) is 17.5 Å². The van der Waals surface area contributed by atoms with E-state index in [1.807, 2.05) is 13.0 Å². The van der Waals surface area contributed by atoms with Gasteiger partial charge in [0.05, 0.1) is 13.0 Å². The fraction of sp³-hybridized carbons (Fsp3) is 0.562. The minimum Gasteiger partial charge on any atom is -0.496 e. The second kappa shape index (κ2) is 4.77. The van der Waals surface area contributed by atoms with Crippen LogP contribution in [0.5, 0.6) is 5.75 Å². The normalized spacial score (nSPS) is 34.6. The molecular formula is C16H21NO3. The Morgan fingerprint density at radius 1 is 1.50 bits per heavy atom. The maximum Gasteiger partial charge on any atom is 0.307 e. The van der Waals surface area contributed by atoms with Crippen molar-refractivity contribution in [1.29, 1.82) is 0 Å². The Bertz CT molecular complexity index is 543. The third-order valence-corrected chi connectivity index (χ3v) is 5.04. The smallest absolute Gasteiger partial charge is 0.307 e. The van der Waals surface area contributed by atoms with E-state index in [1.54, 1.807) is 7.11 Å². The monoisotopic (exact) mass is 275 g/mol. The summed E-state index contributed by atoms with van der Waals surface area (Å²) in [5, 5.41) is 9.08. The number of fused-ring (bicyclic) bond motifs is 1. The molecule has 0 aromatic heterocycles. The first-order chi connectivity index (χ1) is 9.52. The second-order valence-electron chi connectivity index (χ2n) is 6.19. The molecule has 0 heterocycles. The van der Waals surface area contributed by atoms with Gasteiger partial charge < -0.3 is 15.6 Å². The average Bonchev–Trinajstić information content (AvgIpc) is 3.03. The summed E-state index contributed by atoms with van der Waals surface area (Å²) < 4.78 is 5.27. The number of hydrogen-bond donors (Lipinski definition) is 2.